The van der Waals surface area contributed by atoms with Crippen LogP contribution < -0.4 is 10.1 Å². The maximum absolute atomic E-state index is 9.31. The molecule has 124 valence electrons. The molecule has 0 aliphatic rings. The van der Waals surface area contributed by atoms with Gasteiger partial charge in [-0.3, -0.25) is 0 Å². The van der Waals surface area contributed by atoms with Crippen LogP contribution in [0.3, 0.4) is 0 Å². The van der Waals surface area contributed by atoms with Crippen LogP contribution in [0.4, 0.5) is 0 Å². The minimum atomic E-state index is -0.408. The largest absolute Gasteiger partial charge is 0.489 e. The van der Waals surface area contributed by atoms with Crippen LogP contribution in [0, 0.1) is 0 Å². The first-order valence-electron chi connectivity index (χ1n) is 7.19. The lowest BCUT2D eigenvalue weighted by molar-refractivity contribution is 0.190. The fourth-order valence-corrected chi connectivity index (χ4v) is 2.55. The summed E-state index contributed by atoms with van der Waals surface area (Å²) in [5.41, 5.74) is 1.86. The van der Waals surface area contributed by atoms with Crippen molar-refractivity contribution in [3.63, 3.8) is 0 Å². The third-order valence-corrected chi connectivity index (χ3v) is 4.13. The topological polar surface area (TPSA) is 41.5 Å². The van der Waals surface area contributed by atoms with Gasteiger partial charge in [-0.2, -0.15) is 0 Å². The highest BCUT2D eigenvalue weighted by Gasteiger charge is 2.07. The lowest BCUT2D eigenvalue weighted by Crippen LogP contribution is -2.24. The number of aliphatic hydroxyl groups is 1. The summed E-state index contributed by atoms with van der Waals surface area (Å²) in [5, 5.41) is 14.1. The Hall–Kier alpha value is -0.970. The summed E-state index contributed by atoms with van der Waals surface area (Å²) < 4.78 is 5.87. The summed E-state index contributed by atoms with van der Waals surface area (Å²) >= 11 is 18.0. The quantitative estimate of drug-likeness (QED) is 0.738. The molecule has 6 heteroatoms. The summed E-state index contributed by atoms with van der Waals surface area (Å²) in [7, 11) is 0. The molecule has 1 unspecified atom stereocenters. The van der Waals surface area contributed by atoms with Crippen molar-refractivity contribution in [2.24, 2.45) is 0 Å². The van der Waals surface area contributed by atoms with Gasteiger partial charge in [0.1, 0.15) is 12.4 Å². The number of ether oxygens (including phenoxy) is 1. The molecule has 0 aliphatic heterocycles. The van der Waals surface area contributed by atoms with Crippen LogP contribution >= 0.6 is 34.8 Å². The maximum atomic E-state index is 9.31. The van der Waals surface area contributed by atoms with E-state index in [1.54, 1.807) is 25.1 Å². The highest BCUT2D eigenvalue weighted by Crippen LogP contribution is 2.26. The van der Waals surface area contributed by atoms with E-state index in [2.05, 4.69) is 5.32 Å². The van der Waals surface area contributed by atoms with E-state index < -0.39 is 6.10 Å². The van der Waals surface area contributed by atoms with Crippen LogP contribution in [0.1, 0.15) is 18.1 Å². The summed E-state index contributed by atoms with van der Waals surface area (Å²) in [5.74, 6) is 0.735. The van der Waals surface area contributed by atoms with Crippen molar-refractivity contribution in [3.8, 4) is 5.75 Å². The van der Waals surface area contributed by atoms with E-state index in [9.17, 15) is 5.11 Å². The number of hydrogen-bond acceptors (Lipinski definition) is 3. The van der Waals surface area contributed by atoms with E-state index >= 15 is 0 Å². The van der Waals surface area contributed by atoms with Gasteiger partial charge in [-0.15, -0.1) is 0 Å². The van der Waals surface area contributed by atoms with E-state index in [-0.39, 0.29) is 0 Å². The van der Waals surface area contributed by atoms with Gasteiger partial charge in [0.05, 0.1) is 16.1 Å². The summed E-state index contributed by atoms with van der Waals surface area (Å²) in [6.45, 7) is 3.16. The number of benzene rings is 2. The Bertz CT molecular complexity index is 662. The minimum absolute atomic E-state index is 0.377. The Morgan fingerprint density at radius 1 is 1.09 bits per heavy atom. The van der Waals surface area contributed by atoms with Gasteiger partial charge in [-0.1, -0.05) is 40.9 Å². The molecular weight excluding hydrogens is 357 g/mol. The molecule has 0 aliphatic carbocycles. The molecule has 0 fully saturated rings. The van der Waals surface area contributed by atoms with Crippen molar-refractivity contribution in [1.82, 2.24) is 5.32 Å². The maximum Gasteiger partial charge on any atom is 0.124 e. The third-order valence-electron chi connectivity index (χ3n) is 3.16. The zero-order chi connectivity index (χ0) is 16.8. The van der Waals surface area contributed by atoms with Gasteiger partial charge < -0.3 is 15.2 Å². The lowest BCUT2D eigenvalue weighted by Gasteiger charge is -2.14. The molecule has 0 spiro atoms. The standard InChI is InChI=1S/C17H18Cl3NO2/c1-11(22)8-21-9-13-7-14(18)3-5-17(13)23-10-12-2-4-15(19)16(20)6-12/h2-7,11,21-22H,8-10H2,1H3. The van der Waals surface area contributed by atoms with Crippen molar-refractivity contribution in [2.45, 2.75) is 26.2 Å². The summed E-state index contributed by atoms with van der Waals surface area (Å²) in [4.78, 5) is 0. The SMILES string of the molecule is CC(O)CNCc1cc(Cl)ccc1OCc1ccc(Cl)c(Cl)c1. The Labute approximate surface area is 151 Å². The Morgan fingerprint density at radius 2 is 1.87 bits per heavy atom. The first kappa shape index (κ1) is 18.4. The van der Waals surface area contributed by atoms with E-state index in [0.29, 0.717) is 34.8 Å². The monoisotopic (exact) mass is 373 g/mol. The zero-order valence-electron chi connectivity index (χ0n) is 12.7. The first-order valence-corrected chi connectivity index (χ1v) is 8.33. The van der Waals surface area contributed by atoms with Crippen LogP contribution in [-0.2, 0) is 13.2 Å². The van der Waals surface area contributed by atoms with Crippen molar-refractivity contribution >= 4 is 34.8 Å². The number of aliphatic hydroxyl groups excluding tert-OH is 1. The van der Waals surface area contributed by atoms with Gasteiger partial charge in [-0.05, 0) is 42.8 Å². The van der Waals surface area contributed by atoms with E-state index in [0.717, 1.165) is 16.9 Å². The predicted molar refractivity (Wildman–Crippen MR) is 95.6 cm³/mol. The molecule has 0 saturated carbocycles. The molecule has 0 radical (unpaired) electrons. The molecule has 2 aromatic rings. The predicted octanol–water partition coefficient (Wildman–Crippen LogP) is 4.70. The molecule has 23 heavy (non-hydrogen) atoms. The molecule has 2 aromatic carbocycles. The molecule has 2 rings (SSSR count). The van der Waals surface area contributed by atoms with Gasteiger partial charge in [0.15, 0.2) is 0 Å². The van der Waals surface area contributed by atoms with Gasteiger partial charge in [0.2, 0.25) is 0 Å². The molecular formula is C17H18Cl3NO2. The molecule has 0 heterocycles. The Balaban J connectivity index is 2.04. The summed E-state index contributed by atoms with van der Waals surface area (Å²) in [6.07, 6.45) is -0.408. The van der Waals surface area contributed by atoms with E-state index in [1.165, 1.54) is 0 Å². The second kappa shape index (κ2) is 8.76. The Kier molecular flexibility index (Phi) is 7.00. The minimum Gasteiger partial charge on any atom is -0.489 e. The molecule has 0 bridgehead atoms. The van der Waals surface area contributed by atoms with Crippen LogP contribution in [0.5, 0.6) is 5.75 Å². The lowest BCUT2D eigenvalue weighted by atomic mass is 10.2. The smallest absolute Gasteiger partial charge is 0.124 e. The summed E-state index contributed by atoms with van der Waals surface area (Å²) in [6, 6.07) is 10.9. The van der Waals surface area contributed by atoms with Gasteiger partial charge in [0, 0.05) is 23.7 Å². The molecule has 3 nitrogen and oxygen atoms in total. The van der Waals surface area contributed by atoms with Crippen LogP contribution in [0.2, 0.25) is 15.1 Å². The van der Waals surface area contributed by atoms with Crippen LogP contribution in [-0.4, -0.2) is 17.8 Å². The molecule has 2 N–H and O–H groups in total. The van der Waals surface area contributed by atoms with Crippen molar-refractivity contribution in [3.05, 3.63) is 62.6 Å². The van der Waals surface area contributed by atoms with Gasteiger partial charge in [-0.25, -0.2) is 0 Å². The van der Waals surface area contributed by atoms with Crippen LogP contribution in [0.15, 0.2) is 36.4 Å². The average Bonchev–Trinajstić information content (AvgIpc) is 2.49. The zero-order valence-corrected chi connectivity index (χ0v) is 14.9. The second-order valence-electron chi connectivity index (χ2n) is 5.27. The highest BCUT2D eigenvalue weighted by molar-refractivity contribution is 6.42. The number of hydrogen-bond donors (Lipinski definition) is 2. The van der Waals surface area contributed by atoms with E-state index in [4.69, 9.17) is 39.5 Å². The molecule has 0 saturated heterocycles. The fraction of sp³-hybridized carbons (Fsp3) is 0.294. The van der Waals surface area contributed by atoms with Crippen LogP contribution in [0.25, 0.3) is 0 Å². The molecule has 1 atom stereocenters. The van der Waals surface area contributed by atoms with Crippen molar-refractivity contribution in [2.75, 3.05) is 6.54 Å². The van der Waals surface area contributed by atoms with Crippen molar-refractivity contribution < 1.29 is 9.84 Å². The van der Waals surface area contributed by atoms with E-state index in [1.807, 2.05) is 18.2 Å². The normalized spacial score (nSPS) is 12.2. The Morgan fingerprint density at radius 3 is 2.57 bits per heavy atom. The fourth-order valence-electron chi connectivity index (χ4n) is 2.03. The molecule has 0 amide bonds. The second-order valence-corrected chi connectivity index (χ2v) is 6.52. The highest BCUT2D eigenvalue weighted by atomic mass is 35.5. The molecule has 0 aromatic heterocycles. The number of halogens is 3. The number of rotatable bonds is 7. The first-order chi connectivity index (χ1) is 11.0. The van der Waals surface area contributed by atoms with Crippen molar-refractivity contribution in [1.29, 1.82) is 0 Å². The third kappa shape index (κ3) is 5.87. The average molecular weight is 375 g/mol. The van der Waals surface area contributed by atoms with Gasteiger partial charge >= 0.3 is 0 Å². The number of nitrogens with one attached hydrogen (secondary N) is 1. The van der Waals surface area contributed by atoms with Gasteiger partial charge in [0.25, 0.3) is 0 Å².